The topological polar surface area (TPSA) is 29.0 Å². The van der Waals surface area contributed by atoms with E-state index in [0.717, 1.165) is 23.8 Å². The number of alkyl halides is 1. The maximum atomic E-state index is 6.03. The molecule has 0 saturated heterocycles. The van der Waals surface area contributed by atoms with Gasteiger partial charge in [0.15, 0.2) is 0 Å². The molecule has 0 radical (unpaired) electrons. The van der Waals surface area contributed by atoms with Gasteiger partial charge in [0.2, 0.25) is 0 Å². The number of anilines is 1. The molecule has 2 aromatic rings. The fourth-order valence-electron chi connectivity index (χ4n) is 2.17. The van der Waals surface area contributed by atoms with Crippen LogP contribution in [0.3, 0.4) is 0 Å². The van der Waals surface area contributed by atoms with Crippen molar-refractivity contribution in [3.63, 3.8) is 0 Å². The number of nitrogens with zero attached hydrogens (tertiary/aromatic N) is 3. The highest BCUT2D eigenvalue weighted by Crippen LogP contribution is 2.34. The lowest BCUT2D eigenvalue weighted by Gasteiger charge is -2.25. The Labute approximate surface area is 122 Å². The molecule has 2 aromatic heterocycles. The van der Waals surface area contributed by atoms with Crippen LogP contribution in [0.1, 0.15) is 29.8 Å². The molecular formula is C14H16ClN3S. The third-order valence-corrected chi connectivity index (χ3v) is 4.32. The fraction of sp³-hybridized carbons (Fsp3) is 0.429. The van der Waals surface area contributed by atoms with Crippen molar-refractivity contribution < 1.29 is 0 Å². The number of hydrogen-bond acceptors (Lipinski definition) is 4. The molecule has 0 aliphatic heterocycles. The second-order valence-corrected chi connectivity index (χ2v) is 5.94. The Bertz CT molecular complexity index is 552. The van der Waals surface area contributed by atoms with Gasteiger partial charge in [-0.2, -0.15) is 11.3 Å². The summed E-state index contributed by atoms with van der Waals surface area (Å²) in [6.45, 7) is 2.84. The van der Waals surface area contributed by atoms with Gasteiger partial charge >= 0.3 is 0 Å². The predicted octanol–water partition coefficient (Wildman–Crippen LogP) is 3.75. The van der Waals surface area contributed by atoms with Crippen molar-refractivity contribution in [2.45, 2.75) is 38.2 Å². The largest absolute Gasteiger partial charge is 0.349 e. The average Bonchev–Trinajstić information content (AvgIpc) is 3.13. The smallest absolute Gasteiger partial charge is 0.137 e. The van der Waals surface area contributed by atoms with Crippen LogP contribution in [0.4, 0.5) is 5.82 Å². The second kappa shape index (κ2) is 5.47. The van der Waals surface area contributed by atoms with E-state index in [1.54, 1.807) is 11.3 Å². The number of rotatable bonds is 5. The van der Waals surface area contributed by atoms with Gasteiger partial charge < -0.3 is 4.90 Å². The van der Waals surface area contributed by atoms with Gasteiger partial charge in [0.1, 0.15) is 11.6 Å². The molecule has 1 aliphatic rings. The summed E-state index contributed by atoms with van der Waals surface area (Å²) in [6, 6.07) is 2.78. The summed E-state index contributed by atoms with van der Waals surface area (Å²) >= 11 is 7.77. The molecule has 0 atom stereocenters. The number of hydrogen-bond donors (Lipinski definition) is 0. The molecule has 0 aromatic carbocycles. The Morgan fingerprint density at radius 2 is 2.32 bits per heavy atom. The van der Waals surface area contributed by atoms with E-state index < -0.39 is 0 Å². The summed E-state index contributed by atoms with van der Waals surface area (Å²) in [7, 11) is 0. The summed E-state index contributed by atoms with van der Waals surface area (Å²) in [4.78, 5) is 11.3. The van der Waals surface area contributed by atoms with E-state index in [4.69, 9.17) is 11.6 Å². The van der Waals surface area contributed by atoms with Gasteiger partial charge in [0.05, 0.1) is 5.88 Å². The van der Waals surface area contributed by atoms with Gasteiger partial charge in [-0.05, 0) is 42.2 Å². The number of aryl methyl sites for hydroxylation is 1. The second-order valence-electron chi connectivity index (χ2n) is 4.89. The third kappa shape index (κ3) is 2.90. The molecule has 1 fully saturated rings. The van der Waals surface area contributed by atoms with E-state index in [1.807, 2.05) is 13.1 Å². The first-order valence-electron chi connectivity index (χ1n) is 6.44. The van der Waals surface area contributed by atoms with Crippen molar-refractivity contribution in [3.8, 4) is 0 Å². The van der Waals surface area contributed by atoms with E-state index in [2.05, 4.69) is 31.7 Å². The average molecular weight is 294 g/mol. The van der Waals surface area contributed by atoms with Crippen LogP contribution >= 0.6 is 22.9 Å². The zero-order valence-electron chi connectivity index (χ0n) is 10.8. The molecule has 5 heteroatoms. The lowest BCUT2D eigenvalue weighted by Crippen LogP contribution is -2.27. The summed E-state index contributed by atoms with van der Waals surface area (Å²) in [5.41, 5.74) is 2.36. The van der Waals surface area contributed by atoms with Gasteiger partial charge in [-0.25, -0.2) is 9.97 Å². The summed E-state index contributed by atoms with van der Waals surface area (Å²) in [5, 5.41) is 4.32. The number of thiophene rings is 1. The molecule has 0 unspecified atom stereocenters. The van der Waals surface area contributed by atoms with Crippen molar-refractivity contribution in [1.29, 1.82) is 0 Å². The number of halogens is 1. The summed E-state index contributed by atoms with van der Waals surface area (Å²) in [6.07, 6.45) is 4.34. The Hall–Kier alpha value is -1.13. The van der Waals surface area contributed by atoms with Crippen molar-refractivity contribution >= 4 is 28.8 Å². The lowest BCUT2D eigenvalue weighted by atomic mass is 10.2. The zero-order chi connectivity index (χ0) is 13.2. The molecule has 3 nitrogen and oxygen atoms in total. The van der Waals surface area contributed by atoms with Gasteiger partial charge in [0.25, 0.3) is 0 Å². The van der Waals surface area contributed by atoms with Gasteiger partial charge in [0, 0.05) is 24.3 Å². The van der Waals surface area contributed by atoms with Crippen molar-refractivity contribution in [3.05, 3.63) is 40.0 Å². The highest BCUT2D eigenvalue weighted by Gasteiger charge is 2.31. The van der Waals surface area contributed by atoms with Crippen LogP contribution in [-0.2, 0) is 12.4 Å². The standard InChI is InChI=1S/C14H16ClN3S/c1-10-16-7-12(6-15)14(17-10)18(13-2-3-13)8-11-4-5-19-9-11/h4-5,7,9,13H,2-3,6,8H2,1H3. The molecule has 2 heterocycles. The Morgan fingerprint density at radius 1 is 1.47 bits per heavy atom. The lowest BCUT2D eigenvalue weighted by molar-refractivity contribution is 0.766. The predicted molar refractivity (Wildman–Crippen MR) is 79.9 cm³/mol. The van der Waals surface area contributed by atoms with E-state index in [9.17, 15) is 0 Å². The first-order chi connectivity index (χ1) is 9.28. The highest BCUT2D eigenvalue weighted by atomic mass is 35.5. The minimum Gasteiger partial charge on any atom is -0.349 e. The van der Waals surface area contributed by atoms with E-state index in [-0.39, 0.29) is 0 Å². The molecule has 19 heavy (non-hydrogen) atoms. The Morgan fingerprint density at radius 3 is 2.95 bits per heavy atom. The van der Waals surface area contributed by atoms with Crippen LogP contribution in [-0.4, -0.2) is 16.0 Å². The third-order valence-electron chi connectivity index (χ3n) is 3.30. The fourth-order valence-corrected chi connectivity index (χ4v) is 3.02. The maximum absolute atomic E-state index is 6.03. The molecular weight excluding hydrogens is 278 g/mol. The van der Waals surface area contributed by atoms with Crippen molar-refractivity contribution in [2.24, 2.45) is 0 Å². The van der Waals surface area contributed by atoms with Gasteiger partial charge in [-0.1, -0.05) is 0 Å². The van der Waals surface area contributed by atoms with E-state index >= 15 is 0 Å². The van der Waals surface area contributed by atoms with Crippen LogP contribution in [0.25, 0.3) is 0 Å². The molecule has 0 bridgehead atoms. The summed E-state index contributed by atoms with van der Waals surface area (Å²) in [5.74, 6) is 2.28. The minimum absolute atomic E-state index is 0.461. The molecule has 0 spiro atoms. The van der Waals surface area contributed by atoms with Crippen molar-refractivity contribution in [1.82, 2.24) is 9.97 Å². The quantitative estimate of drug-likeness (QED) is 0.786. The minimum atomic E-state index is 0.461. The molecule has 100 valence electrons. The maximum Gasteiger partial charge on any atom is 0.137 e. The molecule has 0 N–H and O–H groups in total. The van der Waals surface area contributed by atoms with Crippen LogP contribution in [0.2, 0.25) is 0 Å². The van der Waals surface area contributed by atoms with E-state index in [1.165, 1.54) is 18.4 Å². The molecule has 0 amide bonds. The van der Waals surface area contributed by atoms with Gasteiger partial charge in [-0.3, -0.25) is 0 Å². The van der Waals surface area contributed by atoms with Crippen LogP contribution in [0.5, 0.6) is 0 Å². The van der Waals surface area contributed by atoms with Crippen molar-refractivity contribution in [2.75, 3.05) is 4.90 Å². The highest BCUT2D eigenvalue weighted by molar-refractivity contribution is 7.07. The molecule has 1 saturated carbocycles. The zero-order valence-corrected chi connectivity index (χ0v) is 12.4. The SMILES string of the molecule is Cc1ncc(CCl)c(N(Cc2ccsc2)C2CC2)n1. The monoisotopic (exact) mass is 293 g/mol. The Balaban J connectivity index is 1.93. The van der Waals surface area contributed by atoms with Crippen LogP contribution < -0.4 is 4.90 Å². The number of aromatic nitrogens is 2. The van der Waals surface area contributed by atoms with Crippen LogP contribution in [0.15, 0.2) is 23.0 Å². The molecule has 1 aliphatic carbocycles. The Kier molecular flexibility index (Phi) is 3.71. The summed E-state index contributed by atoms with van der Waals surface area (Å²) < 4.78 is 0. The van der Waals surface area contributed by atoms with Gasteiger partial charge in [-0.15, -0.1) is 11.6 Å². The first-order valence-corrected chi connectivity index (χ1v) is 7.92. The normalized spacial score (nSPS) is 14.6. The van der Waals surface area contributed by atoms with E-state index in [0.29, 0.717) is 11.9 Å². The first kappa shape index (κ1) is 12.9. The molecule has 3 rings (SSSR count). The van der Waals surface area contributed by atoms with Crippen LogP contribution in [0, 0.1) is 6.92 Å².